The van der Waals surface area contributed by atoms with Crippen LogP contribution in [0.1, 0.15) is 20.3 Å². The predicted molar refractivity (Wildman–Crippen MR) is 54.5 cm³/mol. The van der Waals surface area contributed by atoms with Crippen molar-refractivity contribution in [1.29, 1.82) is 0 Å². The number of rotatable bonds is 3. The van der Waals surface area contributed by atoms with Crippen LogP contribution in [0.15, 0.2) is 24.3 Å². The zero-order chi connectivity index (χ0) is 10.6. The summed E-state index contributed by atoms with van der Waals surface area (Å²) in [6, 6.07) is 5.75. The first kappa shape index (κ1) is 10.7. The van der Waals surface area contributed by atoms with Crippen molar-refractivity contribution in [2.45, 2.75) is 20.3 Å². The van der Waals surface area contributed by atoms with Crippen LogP contribution in [0.2, 0.25) is 0 Å². The van der Waals surface area contributed by atoms with Crippen LogP contribution < -0.4 is 5.32 Å². The van der Waals surface area contributed by atoms with Crippen molar-refractivity contribution in [3.63, 3.8) is 0 Å². The number of hydrogen-bond acceptors (Lipinski definition) is 1. The Morgan fingerprint density at radius 1 is 1.36 bits per heavy atom. The minimum absolute atomic E-state index is 0.0355. The molecule has 76 valence electrons. The number of hydrogen-bond donors (Lipinski definition) is 1. The molecule has 0 heterocycles. The zero-order valence-corrected chi connectivity index (χ0v) is 8.38. The minimum atomic E-state index is -0.299. The number of carbonyl (C=O) groups is 1. The Balaban J connectivity index is 2.52. The lowest BCUT2D eigenvalue weighted by Crippen LogP contribution is -2.13. The van der Waals surface area contributed by atoms with Crippen molar-refractivity contribution in [3.8, 4) is 0 Å². The highest BCUT2D eigenvalue weighted by molar-refractivity contribution is 5.90. The Bertz CT molecular complexity index is 306. The van der Waals surface area contributed by atoms with Crippen molar-refractivity contribution in [3.05, 3.63) is 30.1 Å². The van der Waals surface area contributed by atoms with Crippen LogP contribution in [0.4, 0.5) is 10.1 Å². The standard InChI is InChI=1S/C11H14FNO/c1-8(2)7-11(14)13-10-5-3-9(12)4-6-10/h3-6,8H,7H2,1-2H3,(H,13,14). The largest absolute Gasteiger partial charge is 0.326 e. The second kappa shape index (κ2) is 4.74. The SMILES string of the molecule is CC(C)CC(=O)Nc1ccc(F)cc1. The van der Waals surface area contributed by atoms with Crippen molar-refractivity contribution in [2.75, 3.05) is 5.32 Å². The van der Waals surface area contributed by atoms with Crippen molar-refractivity contribution < 1.29 is 9.18 Å². The second-order valence-corrected chi connectivity index (χ2v) is 3.65. The Morgan fingerprint density at radius 3 is 2.43 bits per heavy atom. The van der Waals surface area contributed by atoms with Gasteiger partial charge in [-0.15, -0.1) is 0 Å². The lowest BCUT2D eigenvalue weighted by atomic mass is 10.1. The first-order chi connectivity index (χ1) is 6.58. The molecule has 2 nitrogen and oxygen atoms in total. The van der Waals surface area contributed by atoms with Crippen LogP contribution in [-0.4, -0.2) is 5.91 Å². The molecule has 0 saturated carbocycles. The average Bonchev–Trinajstić information content (AvgIpc) is 2.07. The molecule has 1 rings (SSSR count). The number of carbonyl (C=O) groups excluding carboxylic acids is 1. The molecule has 0 fully saturated rings. The number of anilines is 1. The van der Waals surface area contributed by atoms with E-state index < -0.39 is 0 Å². The summed E-state index contributed by atoms with van der Waals surface area (Å²) in [6.45, 7) is 3.95. The van der Waals surface area contributed by atoms with E-state index in [1.54, 1.807) is 12.1 Å². The van der Waals surface area contributed by atoms with E-state index in [0.29, 0.717) is 18.0 Å². The van der Waals surface area contributed by atoms with Gasteiger partial charge in [0.15, 0.2) is 0 Å². The zero-order valence-electron chi connectivity index (χ0n) is 8.38. The molecule has 0 aliphatic rings. The number of halogens is 1. The molecule has 1 amide bonds. The fraction of sp³-hybridized carbons (Fsp3) is 0.364. The van der Waals surface area contributed by atoms with Crippen molar-refractivity contribution in [1.82, 2.24) is 0 Å². The normalized spacial score (nSPS) is 10.3. The summed E-state index contributed by atoms with van der Waals surface area (Å²) in [5.41, 5.74) is 0.636. The summed E-state index contributed by atoms with van der Waals surface area (Å²) in [6.07, 6.45) is 0.484. The second-order valence-electron chi connectivity index (χ2n) is 3.65. The third-order valence-corrected chi connectivity index (χ3v) is 1.72. The fourth-order valence-electron chi connectivity index (χ4n) is 1.12. The molecule has 0 atom stereocenters. The van der Waals surface area contributed by atoms with E-state index in [9.17, 15) is 9.18 Å². The Morgan fingerprint density at radius 2 is 1.93 bits per heavy atom. The average molecular weight is 195 g/mol. The molecule has 14 heavy (non-hydrogen) atoms. The third-order valence-electron chi connectivity index (χ3n) is 1.72. The number of benzene rings is 1. The summed E-state index contributed by atoms with van der Waals surface area (Å²) in [7, 11) is 0. The van der Waals surface area contributed by atoms with E-state index >= 15 is 0 Å². The van der Waals surface area contributed by atoms with Gasteiger partial charge in [-0.1, -0.05) is 13.8 Å². The first-order valence-electron chi connectivity index (χ1n) is 4.63. The van der Waals surface area contributed by atoms with Gasteiger partial charge in [0, 0.05) is 12.1 Å². The van der Waals surface area contributed by atoms with Crippen molar-refractivity contribution >= 4 is 11.6 Å². The molecule has 0 spiro atoms. The molecule has 0 aliphatic heterocycles. The molecule has 1 aromatic rings. The topological polar surface area (TPSA) is 29.1 Å². The first-order valence-corrected chi connectivity index (χ1v) is 4.63. The van der Waals surface area contributed by atoms with E-state index in [-0.39, 0.29) is 11.7 Å². The van der Waals surface area contributed by atoms with Gasteiger partial charge in [-0.2, -0.15) is 0 Å². The van der Waals surface area contributed by atoms with Gasteiger partial charge >= 0.3 is 0 Å². The van der Waals surface area contributed by atoms with Gasteiger partial charge < -0.3 is 5.32 Å². The lowest BCUT2D eigenvalue weighted by molar-refractivity contribution is -0.116. The molecule has 0 aromatic heterocycles. The highest BCUT2D eigenvalue weighted by Crippen LogP contribution is 2.09. The van der Waals surface area contributed by atoms with E-state index in [2.05, 4.69) is 5.32 Å². The maximum absolute atomic E-state index is 12.5. The summed E-state index contributed by atoms with van der Waals surface area (Å²) in [5.74, 6) is -0.00563. The van der Waals surface area contributed by atoms with Gasteiger partial charge in [-0.3, -0.25) is 4.79 Å². The molecular weight excluding hydrogens is 181 g/mol. The lowest BCUT2D eigenvalue weighted by Gasteiger charge is -2.06. The smallest absolute Gasteiger partial charge is 0.224 e. The van der Waals surface area contributed by atoms with E-state index in [1.165, 1.54) is 12.1 Å². The predicted octanol–water partition coefficient (Wildman–Crippen LogP) is 2.81. The Kier molecular flexibility index (Phi) is 3.63. The van der Waals surface area contributed by atoms with Crippen molar-refractivity contribution in [2.24, 2.45) is 5.92 Å². The van der Waals surface area contributed by atoms with Gasteiger partial charge in [-0.25, -0.2) is 4.39 Å². The van der Waals surface area contributed by atoms with Gasteiger partial charge in [-0.05, 0) is 30.2 Å². The van der Waals surface area contributed by atoms with Crippen LogP contribution in [0, 0.1) is 11.7 Å². The van der Waals surface area contributed by atoms with Crippen LogP contribution in [-0.2, 0) is 4.79 Å². The van der Waals surface area contributed by atoms with E-state index in [0.717, 1.165) is 0 Å². The molecule has 1 aromatic carbocycles. The molecule has 0 unspecified atom stereocenters. The Labute approximate surface area is 83.1 Å². The molecule has 0 radical (unpaired) electrons. The molecule has 1 N–H and O–H groups in total. The minimum Gasteiger partial charge on any atom is -0.326 e. The molecular formula is C11H14FNO. The van der Waals surface area contributed by atoms with E-state index in [1.807, 2.05) is 13.8 Å². The quantitative estimate of drug-likeness (QED) is 0.789. The van der Waals surface area contributed by atoms with E-state index in [4.69, 9.17) is 0 Å². The van der Waals surface area contributed by atoms with Crippen LogP contribution in [0.25, 0.3) is 0 Å². The fourth-order valence-corrected chi connectivity index (χ4v) is 1.12. The summed E-state index contributed by atoms with van der Waals surface area (Å²) in [5, 5.41) is 2.69. The van der Waals surface area contributed by atoms with Crippen LogP contribution in [0.3, 0.4) is 0 Å². The van der Waals surface area contributed by atoms with Gasteiger partial charge in [0.05, 0.1) is 0 Å². The van der Waals surface area contributed by atoms with Crippen LogP contribution in [0.5, 0.6) is 0 Å². The molecule has 0 bridgehead atoms. The maximum Gasteiger partial charge on any atom is 0.224 e. The number of nitrogens with one attached hydrogen (secondary N) is 1. The van der Waals surface area contributed by atoms with Gasteiger partial charge in [0.25, 0.3) is 0 Å². The summed E-state index contributed by atoms with van der Waals surface area (Å²) >= 11 is 0. The summed E-state index contributed by atoms with van der Waals surface area (Å²) in [4.78, 5) is 11.3. The molecule has 3 heteroatoms. The molecule has 0 aliphatic carbocycles. The number of amides is 1. The third kappa shape index (κ3) is 3.56. The van der Waals surface area contributed by atoms with Crippen LogP contribution >= 0.6 is 0 Å². The van der Waals surface area contributed by atoms with Gasteiger partial charge in [0.2, 0.25) is 5.91 Å². The Hall–Kier alpha value is -1.38. The highest BCUT2D eigenvalue weighted by Gasteiger charge is 2.04. The van der Waals surface area contributed by atoms with Gasteiger partial charge in [0.1, 0.15) is 5.82 Å². The summed E-state index contributed by atoms with van der Waals surface area (Å²) < 4.78 is 12.5. The monoisotopic (exact) mass is 195 g/mol. The molecule has 0 saturated heterocycles. The maximum atomic E-state index is 12.5. The highest BCUT2D eigenvalue weighted by atomic mass is 19.1.